The first-order valence-corrected chi connectivity index (χ1v) is 6.20. The molecule has 0 saturated carbocycles. The average Bonchev–Trinajstić information content (AvgIpc) is 2.41. The Kier molecular flexibility index (Phi) is 6.64. The maximum atomic E-state index is 10.4. The van der Waals surface area contributed by atoms with Crippen molar-refractivity contribution in [2.45, 2.75) is 12.5 Å². The molecule has 2 aromatic rings. The predicted molar refractivity (Wildman–Crippen MR) is 77.2 cm³/mol. The van der Waals surface area contributed by atoms with Crippen LogP contribution in [0.4, 0.5) is 0 Å². The van der Waals surface area contributed by atoms with E-state index in [1.165, 1.54) is 0 Å². The van der Waals surface area contributed by atoms with Crippen LogP contribution >= 0.6 is 11.6 Å². The first kappa shape index (κ1) is 15.2. The average molecular weight is 278 g/mol. The SMILES string of the molecule is Clc1ccccc1.NC(Cc1ccccc1)C(=O)O. The van der Waals surface area contributed by atoms with Crippen LogP contribution in [-0.2, 0) is 11.2 Å². The van der Waals surface area contributed by atoms with E-state index in [0.29, 0.717) is 6.42 Å². The molecular weight excluding hydrogens is 262 g/mol. The molecule has 0 heterocycles. The number of carboxylic acid groups (broad SMARTS) is 1. The fourth-order valence-electron chi connectivity index (χ4n) is 1.37. The van der Waals surface area contributed by atoms with E-state index in [0.717, 1.165) is 10.6 Å². The van der Waals surface area contributed by atoms with Gasteiger partial charge in [-0.05, 0) is 24.1 Å². The van der Waals surface area contributed by atoms with Crippen LogP contribution in [0.25, 0.3) is 0 Å². The molecule has 0 fully saturated rings. The number of rotatable bonds is 3. The molecule has 0 amide bonds. The third-order valence-corrected chi connectivity index (χ3v) is 2.60. The Balaban J connectivity index is 0.000000218. The summed E-state index contributed by atoms with van der Waals surface area (Å²) in [4.78, 5) is 10.4. The summed E-state index contributed by atoms with van der Waals surface area (Å²) < 4.78 is 0. The summed E-state index contributed by atoms with van der Waals surface area (Å²) in [7, 11) is 0. The number of carboxylic acids is 1. The van der Waals surface area contributed by atoms with Gasteiger partial charge in [-0.2, -0.15) is 0 Å². The number of carbonyl (C=O) groups is 1. The molecule has 0 bridgehead atoms. The van der Waals surface area contributed by atoms with Crippen molar-refractivity contribution in [2.24, 2.45) is 5.73 Å². The van der Waals surface area contributed by atoms with Crippen LogP contribution in [0.15, 0.2) is 60.7 Å². The molecule has 3 nitrogen and oxygen atoms in total. The van der Waals surface area contributed by atoms with Crippen molar-refractivity contribution in [3.8, 4) is 0 Å². The highest BCUT2D eigenvalue weighted by atomic mass is 35.5. The zero-order valence-electron chi connectivity index (χ0n) is 10.4. The summed E-state index contributed by atoms with van der Waals surface area (Å²) >= 11 is 5.54. The van der Waals surface area contributed by atoms with Gasteiger partial charge in [0.05, 0.1) is 0 Å². The Morgan fingerprint density at radius 2 is 1.53 bits per heavy atom. The van der Waals surface area contributed by atoms with Gasteiger partial charge in [0.25, 0.3) is 0 Å². The van der Waals surface area contributed by atoms with Gasteiger partial charge in [-0.3, -0.25) is 4.79 Å². The minimum atomic E-state index is -0.959. The molecule has 3 N–H and O–H groups in total. The zero-order valence-corrected chi connectivity index (χ0v) is 11.1. The molecule has 2 rings (SSSR count). The number of hydrogen-bond donors (Lipinski definition) is 2. The molecule has 0 saturated heterocycles. The maximum Gasteiger partial charge on any atom is 0.320 e. The first-order chi connectivity index (χ1) is 9.09. The van der Waals surface area contributed by atoms with Crippen LogP contribution in [0, 0.1) is 0 Å². The van der Waals surface area contributed by atoms with Gasteiger partial charge < -0.3 is 10.8 Å². The lowest BCUT2D eigenvalue weighted by Crippen LogP contribution is -2.32. The van der Waals surface area contributed by atoms with E-state index < -0.39 is 12.0 Å². The fourth-order valence-corrected chi connectivity index (χ4v) is 1.52. The molecule has 0 aromatic heterocycles. The number of aliphatic carboxylic acids is 1. The number of hydrogen-bond acceptors (Lipinski definition) is 2. The summed E-state index contributed by atoms with van der Waals surface area (Å²) in [6.45, 7) is 0. The smallest absolute Gasteiger partial charge is 0.320 e. The Labute approximate surface area is 117 Å². The Morgan fingerprint density at radius 1 is 1.05 bits per heavy atom. The topological polar surface area (TPSA) is 63.3 Å². The van der Waals surface area contributed by atoms with Gasteiger partial charge >= 0.3 is 5.97 Å². The third kappa shape index (κ3) is 6.60. The minimum Gasteiger partial charge on any atom is -0.480 e. The summed E-state index contributed by atoms with van der Waals surface area (Å²) in [5.74, 6) is -0.959. The Hall–Kier alpha value is -1.84. The molecule has 4 heteroatoms. The third-order valence-electron chi connectivity index (χ3n) is 2.35. The number of nitrogens with two attached hydrogens (primary N) is 1. The van der Waals surface area contributed by atoms with Gasteiger partial charge in [0, 0.05) is 5.02 Å². The van der Waals surface area contributed by atoms with Gasteiger partial charge in [-0.1, -0.05) is 60.1 Å². The van der Waals surface area contributed by atoms with Crippen molar-refractivity contribution in [2.75, 3.05) is 0 Å². The van der Waals surface area contributed by atoms with Gasteiger partial charge in [0.2, 0.25) is 0 Å². The molecule has 1 unspecified atom stereocenters. The summed E-state index contributed by atoms with van der Waals surface area (Å²) in [5, 5.41) is 9.31. The number of benzene rings is 2. The Morgan fingerprint density at radius 3 is 1.89 bits per heavy atom. The van der Waals surface area contributed by atoms with Gasteiger partial charge in [-0.15, -0.1) is 0 Å². The van der Waals surface area contributed by atoms with E-state index in [2.05, 4.69) is 0 Å². The highest BCUT2D eigenvalue weighted by Crippen LogP contribution is 2.03. The molecule has 19 heavy (non-hydrogen) atoms. The molecular formula is C15H16ClNO2. The van der Waals surface area contributed by atoms with E-state index in [1.807, 2.05) is 60.7 Å². The van der Waals surface area contributed by atoms with Crippen LogP contribution in [0.1, 0.15) is 5.56 Å². The van der Waals surface area contributed by atoms with Crippen LogP contribution in [-0.4, -0.2) is 17.1 Å². The summed E-state index contributed by atoms with van der Waals surface area (Å²) in [6, 6.07) is 18.0. The van der Waals surface area contributed by atoms with Crippen LogP contribution < -0.4 is 5.73 Å². The highest BCUT2D eigenvalue weighted by Gasteiger charge is 2.10. The highest BCUT2D eigenvalue weighted by molar-refractivity contribution is 6.30. The van der Waals surface area contributed by atoms with E-state index in [1.54, 1.807) is 0 Å². The van der Waals surface area contributed by atoms with Gasteiger partial charge in [0.1, 0.15) is 6.04 Å². The minimum absolute atomic E-state index is 0.385. The predicted octanol–water partition coefficient (Wildman–Crippen LogP) is 2.98. The largest absolute Gasteiger partial charge is 0.480 e. The molecule has 0 aliphatic rings. The fraction of sp³-hybridized carbons (Fsp3) is 0.133. The zero-order chi connectivity index (χ0) is 14.1. The van der Waals surface area contributed by atoms with Gasteiger partial charge in [0.15, 0.2) is 0 Å². The maximum absolute atomic E-state index is 10.4. The van der Waals surface area contributed by atoms with Crippen molar-refractivity contribution in [1.29, 1.82) is 0 Å². The van der Waals surface area contributed by atoms with E-state index >= 15 is 0 Å². The summed E-state index contributed by atoms with van der Waals surface area (Å²) in [5.41, 5.74) is 6.30. The molecule has 0 aliphatic heterocycles. The molecule has 1 atom stereocenters. The van der Waals surface area contributed by atoms with Gasteiger partial charge in [-0.25, -0.2) is 0 Å². The lowest BCUT2D eigenvalue weighted by molar-refractivity contribution is -0.138. The molecule has 0 radical (unpaired) electrons. The molecule has 2 aromatic carbocycles. The van der Waals surface area contributed by atoms with E-state index in [-0.39, 0.29) is 0 Å². The quantitative estimate of drug-likeness (QED) is 0.906. The van der Waals surface area contributed by atoms with E-state index in [4.69, 9.17) is 22.4 Å². The van der Waals surface area contributed by atoms with Crippen molar-refractivity contribution in [1.82, 2.24) is 0 Å². The second kappa shape index (κ2) is 8.29. The van der Waals surface area contributed by atoms with Crippen molar-refractivity contribution >= 4 is 17.6 Å². The monoisotopic (exact) mass is 277 g/mol. The first-order valence-electron chi connectivity index (χ1n) is 5.82. The molecule has 0 spiro atoms. The molecule has 0 aliphatic carbocycles. The summed E-state index contributed by atoms with van der Waals surface area (Å²) in [6.07, 6.45) is 0.385. The van der Waals surface area contributed by atoms with Crippen molar-refractivity contribution < 1.29 is 9.90 Å². The second-order valence-electron chi connectivity index (χ2n) is 3.93. The molecule has 100 valence electrons. The Bertz CT molecular complexity index is 488. The van der Waals surface area contributed by atoms with Crippen LogP contribution in [0.3, 0.4) is 0 Å². The second-order valence-corrected chi connectivity index (χ2v) is 4.37. The lowest BCUT2D eigenvalue weighted by atomic mass is 10.1. The standard InChI is InChI=1S/C9H11NO2.C6H5Cl/c10-8(9(11)12)6-7-4-2-1-3-5-7;7-6-4-2-1-3-5-6/h1-5,8H,6,10H2,(H,11,12);1-5H. The number of halogens is 1. The van der Waals surface area contributed by atoms with Crippen LogP contribution in [0.2, 0.25) is 5.02 Å². The van der Waals surface area contributed by atoms with Crippen molar-refractivity contribution in [3.05, 3.63) is 71.2 Å². The lowest BCUT2D eigenvalue weighted by Gasteiger charge is -2.04. The normalized spacial score (nSPS) is 11.1. The van der Waals surface area contributed by atoms with E-state index in [9.17, 15) is 4.79 Å². The van der Waals surface area contributed by atoms with Crippen molar-refractivity contribution in [3.63, 3.8) is 0 Å². The van der Waals surface area contributed by atoms with Crippen LogP contribution in [0.5, 0.6) is 0 Å².